The average Bonchev–Trinajstić information content (AvgIpc) is 2.48. The minimum Gasteiger partial charge on any atom is -0.380 e. The predicted molar refractivity (Wildman–Crippen MR) is 48.1 cm³/mol. The molecule has 0 aromatic carbocycles. The third-order valence-electron chi connectivity index (χ3n) is 2.20. The van der Waals surface area contributed by atoms with Crippen molar-refractivity contribution in [1.82, 2.24) is 4.90 Å². The Morgan fingerprint density at radius 2 is 2.50 bits per heavy atom. The van der Waals surface area contributed by atoms with Crippen LogP contribution in [0.3, 0.4) is 0 Å². The van der Waals surface area contributed by atoms with Crippen LogP contribution in [0.5, 0.6) is 0 Å². The van der Waals surface area contributed by atoms with E-state index in [4.69, 9.17) is 15.9 Å². The lowest BCUT2D eigenvalue weighted by molar-refractivity contribution is 0.106. The quantitative estimate of drug-likeness (QED) is 0.476. The maximum Gasteiger partial charge on any atom is 0.188 e. The SMILES string of the molecule is CCOC[C@@H]1CCCN1C(=N)N. The molecule has 1 aliphatic heterocycles. The van der Waals surface area contributed by atoms with Gasteiger partial charge in [0.05, 0.1) is 12.6 Å². The van der Waals surface area contributed by atoms with Crippen LogP contribution in [0.15, 0.2) is 0 Å². The van der Waals surface area contributed by atoms with Crippen molar-refractivity contribution in [2.45, 2.75) is 25.8 Å². The Bertz CT molecular complexity index is 160. The molecular formula is C8H17N3O. The third kappa shape index (κ3) is 2.11. The Kier molecular flexibility index (Phi) is 3.34. The fraction of sp³-hybridized carbons (Fsp3) is 0.875. The molecular weight excluding hydrogens is 154 g/mol. The largest absolute Gasteiger partial charge is 0.380 e. The molecule has 12 heavy (non-hydrogen) atoms. The Morgan fingerprint density at radius 3 is 3.08 bits per heavy atom. The van der Waals surface area contributed by atoms with Crippen molar-refractivity contribution in [3.63, 3.8) is 0 Å². The maximum absolute atomic E-state index is 7.31. The van der Waals surface area contributed by atoms with Crippen LogP contribution in [0.1, 0.15) is 19.8 Å². The fourth-order valence-electron chi connectivity index (χ4n) is 1.58. The highest BCUT2D eigenvalue weighted by atomic mass is 16.5. The second kappa shape index (κ2) is 4.30. The molecule has 1 aliphatic rings. The molecule has 70 valence electrons. The van der Waals surface area contributed by atoms with Crippen molar-refractivity contribution in [2.24, 2.45) is 5.73 Å². The summed E-state index contributed by atoms with van der Waals surface area (Å²) in [6.07, 6.45) is 2.22. The first-order valence-electron chi connectivity index (χ1n) is 4.44. The monoisotopic (exact) mass is 171 g/mol. The lowest BCUT2D eigenvalue weighted by Crippen LogP contribution is -2.42. The van der Waals surface area contributed by atoms with Crippen LogP contribution in [-0.4, -0.2) is 36.7 Å². The van der Waals surface area contributed by atoms with Gasteiger partial charge < -0.3 is 15.4 Å². The Morgan fingerprint density at radius 1 is 1.75 bits per heavy atom. The van der Waals surface area contributed by atoms with Gasteiger partial charge in [-0.1, -0.05) is 0 Å². The molecule has 1 heterocycles. The number of hydrogen-bond donors (Lipinski definition) is 2. The van der Waals surface area contributed by atoms with Crippen molar-refractivity contribution < 1.29 is 4.74 Å². The van der Waals surface area contributed by atoms with Crippen molar-refractivity contribution in [3.8, 4) is 0 Å². The summed E-state index contributed by atoms with van der Waals surface area (Å²) in [4.78, 5) is 1.91. The van der Waals surface area contributed by atoms with Crippen LogP contribution in [0.4, 0.5) is 0 Å². The zero-order valence-corrected chi connectivity index (χ0v) is 7.55. The number of nitrogens with one attached hydrogen (secondary N) is 1. The molecule has 1 atom stereocenters. The van der Waals surface area contributed by atoms with Crippen LogP contribution in [-0.2, 0) is 4.74 Å². The molecule has 0 aliphatic carbocycles. The van der Waals surface area contributed by atoms with E-state index >= 15 is 0 Å². The van der Waals surface area contributed by atoms with E-state index in [1.165, 1.54) is 0 Å². The topological polar surface area (TPSA) is 62.3 Å². The zero-order valence-electron chi connectivity index (χ0n) is 7.55. The molecule has 0 amide bonds. The second-order valence-electron chi connectivity index (χ2n) is 3.03. The number of ether oxygens (including phenoxy) is 1. The normalized spacial score (nSPS) is 23.1. The highest BCUT2D eigenvalue weighted by Crippen LogP contribution is 2.16. The van der Waals surface area contributed by atoms with Crippen LogP contribution in [0.2, 0.25) is 0 Å². The van der Waals surface area contributed by atoms with Crippen molar-refractivity contribution in [1.29, 1.82) is 5.41 Å². The molecule has 0 radical (unpaired) electrons. The Balaban J connectivity index is 2.35. The Hall–Kier alpha value is -0.770. The number of likely N-dealkylation sites (tertiary alicyclic amines) is 1. The summed E-state index contributed by atoms with van der Waals surface area (Å²) in [5.41, 5.74) is 5.41. The summed E-state index contributed by atoms with van der Waals surface area (Å²) < 4.78 is 5.30. The highest BCUT2D eigenvalue weighted by Gasteiger charge is 2.24. The van der Waals surface area contributed by atoms with E-state index in [1.807, 2.05) is 11.8 Å². The van der Waals surface area contributed by atoms with Crippen molar-refractivity contribution >= 4 is 5.96 Å². The number of nitrogens with zero attached hydrogens (tertiary/aromatic N) is 1. The van der Waals surface area contributed by atoms with Gasteiger partial charge in [-0.15, -0.1) is 0 Å². The van der Waals surface area contributed by atoms with E-state index in [2.05, 4.69) is 0 Å². The van der Waals surface area contributed by atoms with E-state index < -0.39 is 0 Å². The molecule has 1 fully saturated rings. The minimum absolute atomic E-state index is 0.178. The molecule has 4 heteroatoms. The average molecular weight is 171 g/mol. The molecule has 0 aromatic heterocycles. The first-order valence-corrected chi connectivity index (χ1v) is 4.44. The summed E-state index contributed by atoms with van der Waals surface area (Å²) in [6.45, 7) is 4.33. The molecule has 0 spiro atoms. The lowest BCUT2D eigenvalue weighted by Gasteiger charge is -2.24. The molecule has 4 nitrogen and oxygen atoms in total. The number of hydrogen-bond acceptors (Lipinski definition) is 2. The lowest BCUT2D eigenvalue weighted by atomic mass is 10.2. The standard InChI is InChI=1S/C8H17N3O/c1-2-12-6-7-4-3-5-11(7)8(9)10/h7H,2-6H2,1H3,(H3,9,10)/t7-/m0/s1. The van der Waals surface area contributed by atoms with E-state index in [-0.39, 0.29) is 5.96 Å². The molecule has 0 bridgehead atoms. The summed E-state index contributed by atoms with van der Waals surface area (Å²) >= 11 is 0. The first-order chi connectivity index (χ1) is 5.75. The van der Waals surface area contributed by atoms with Crippen molar-refractivity contribution in [2.75, 3.05) is 19.8 Å². The number of nitrogens with two attached hydrogens (primary N) is 1. The van der Waals surface area contributed by atoms with Gasteiger partial charge in [0.25, 0.3) is 0 Å². The molecule has 3 N–H and O–H groups in total. The zero-order chi connectivity index (χ0) is 8.97. The van der Waals surface area contributed by atoms with Gasteiger partial charge in [-0.2, -0.15) is 0 Å². The molecule has 0 aromatic rings. The number of guanidine groups is 1. The number of rotatable bonds is 3. The third-order valence-corrected chi connectivity index (χ3v) is 2.20. The summed E-state index contributed by atoms with van der Waals surface area (Å²) in [5.74, 6) is 0.178. The van der Waals surface area contributed by atoms with Gasteiger partial charge in [-0.25, -0.2) is 0 Å². The van der Waals surface area contributed by atoms with E-state index in [0.717, 1.165) is 26.0 Å². The van der Waals surface area contributed by atoms with Gasteiger partial charge in [0, 0.05) is 13.2 Å². The summed E-state index contributed by atoms with van der Waals surface area (Å²) in [6, 6.07) is 0.336. The van der Waals surface area contributed by atoms with Crippen LogP contribution in [0.25, 0.3) is 0 Å². The van der Waals surface area contributed by atoms with Crippen molar-refractivity contribution in [3.05, 3.63) is 0 Å². The molecule has 1 rings (SSSR count). The fourth-order valence-corrected chi connectivity index (χ4v) is 1.58. The van der Waals surface area contributed by atoms with Crippen LogP contribution >= 0.6 is 0 Å². The van der Waals surface area contributed by atoms with Crippen LogP contribution < -0.4 is 5.73 Å². The smallest absolute Gasteiger partial charge is 0.188 e. The predicted octanol–water partition coefficient (Wildman–Crippen LogP) is 0.381. The molecule has 0 unspecified atom stereocenters. The van der Waals surface area contributed by atoms with Crippen LogP contribution in [0, 0.1) is 5.41 Å². The first kappa shape index (κ1) is 9.32. The Labute approximate surface area is 73.2 Å². The van der Waals surface area contributed by atoms with Gasteiger partial charge in [0.15, 0.2) is 5.96 Å². The van der Waals surface area contributed by atoms with E-state index in [9.17, 15) is 0 Å². The van der Waals surface area contributed by atoms with Gasteiger partial charge >= 0.3 is 0 Å². The minimum atomic E-state index is 0.178. The molecule has 1 saturated heterocycles. The van der Waals surface area contributed by atoms with Gasteiger partial charge in [0.2, 0.25) is 0 Å². The molecule has 0 saturated carbocycles. The summed E-state index contributed by atoms with van der Waals surface area (Å²) in [5, 5.41) is 7.31. The van der Waals surface area contributed by atoms with Gasteiger partial charge in [-0.05, 0) is 19.8 Å². The second-order valence-corrected chi connectivity index (χ2v) is 3.03. The van der Waals surface area contributed by atoms with E-state index in [0.29, 0.717) is 12.6 Å². The highest BCUT2D eigenvalue weighted by molar-refractivity contribution is 5.75. The maximum atomic E-state index is 7.31. The summed E-state index contributed by atoms with van der Waals surface area (Å²) in [7, 11) is 0. The van der Waals surface area contributed by atoms with Gasteiger partial charge in [-0.3, -0.25) is 5.41 Å². The van der Waals surface area contributed by atoms with Gasteiger partial charge in [0.1, 0.15) is 0 Å². The van der Waals surface area contributed by atoms with E-state index in [1.54, 1.807) is 0 Å².